The maximum atomic E-state index is 12.3. The van der Waals surface area contributed by atoms with Crippen molar-refractivity contribution in [3.8, 4) is 22.5 Å². The maximum absolute atomic E-state index is 12.3. The van der Waals surface area contributed by atoms with Crippen LogP contribution < -0.4 is 0 Å². The Kier molecular flexibility index (Phi) is 3.56. The normalized spacial score (nSPS) is 19.6. The highest BCUT2D eigenvalue weighted by Crippen LogP contribution is 2.35. The number of rotatable bonds is 3. The quantitative estimate of drug-likeness (QED) is 0.569. The maximum Gasteiger partial charge on any atom is 0.262 e. The van der Waals surface area contributed by atoms with Crippen LogP contribution in [0.5, 0.6) is 0 Å². The van der Waals surface area contributed by atoms with Crippen LogP contribution in [0.3, 0.4) is 0 Å². The molecule has 1 saturated heterocycles. The molecule has 0 aliphatic carbocycles. The van der Waals surface area contributed by atoms with Gasteiger partial charge in [0, 0.05) is 37.2 Å². The molecule has 1 aromatic carbocycles. The van der Waals surface area contributed by atoms with Crippen molar-refractivity contribution in [1.82, 2.24) is 25.2 Å². The van der Waals surface area contributed by atoms with Crippen molar-refractivity contribution in [2.75, 3.05) is 13.6 Å². The molecule has 4 heterocycles. The van der Waals surface area contributed by atoms with E-state index < -0.39 is 5.60 Å². The summed E-state index contributed by atoms with van der Waals surface area (Å²) < 4.78 is 5.34. The van der Waals surface area contributed by atoms with Gasteiger partial charge in [-0.25, -0.2) is 4.98 Å². The van der Waals surface area contributed by atoms with E-state index in [0.29, 0.717) is 12.2 Å². The molecule has 5 rings (SSSR count). The molecule has 1 unspecified atom stereocenters. The van der Waals surface area contributed by atoms with Crippen LogP contribution in [0.2, 0.25) is 0 Å². The third-order valence-electron chi connectivity index (χ3n) is 5.18. The fourth-order valence-electron chi connectivity index (χ4n) is 3.52. The zero-order valence-electron chi connectivity index (χ0n) is 15.1. The van der Waals surface area contributed by atoms with E-state index in [0.717, 1.165) is 27.9 Å². The van der Waals surface area contributed by atoms with E-state index in [1.807, 2.05) is 36.4 Å². The Hall–Kier alpha value is -3.52. The molecule has 1 fully saturated rings. The number of carbonyl (C=O) groups is 1. The summed E-state index contributed by atoms with van der Waals surface area (Å²) in [7, 11) is 1.66. The van der Waals surface area contributed by atoms with E-state index in [4.69, 9.17) is 4.52 Å². The number of carbonyl (C=O) groups excluding carboxylic acids is 1. The molecule has 140 valence electrons. The second-order valence-electron chi connectivity index (χ2n) is 6.99. The Morgan fingerprint density at radius 3 is 2.79 bits per heavy atom. The van der Waals surface area contributed by atoms with Gasteiger partial charge in [0.25, 0.3) is 5.91 Å². The fraction of sp³-hybridized carbons (Fsp3) is 0.200. The van der Waals surface area contributed by atoms with Gasteiger partial charge in [-0.15, -0.1) is 0 Å². The molecule has 8 nitrogen and oxygen atoms in total. The van der Waals surface area contributed by atoms with Crippen molar-refractivity contribution in [2.45, 2.75) is 12.0 Å². The number of hydrogen-bond acceptors (Lipinski definition) is 6. The van der Waals surface area contributed by atoms with Crippen LogP contribution in [0, 0.1) is 0 Å². The van der Waals surface area contributed by atoms with Gasteiger partial charge in [-0.1, -0.05) is 23.4 Å². The van der Waals surface area contributed by atoms with Crippen LogP contribution >= 0.6 is 0 Å². The lowest BCUT2D eigenvalue weighted by Crippen LogP contribution is -2.35. The van der Waals surface area contributed by atoms with E-state index >= 15 is 0 Å². The number of benzene rings is 1. The number of nitrogens with one attached hydrogen (secondary N) is 1. The van der Waals surface area contributed by atoms with Gasteiger partial charge >= 0.3 is 0 Å². The van der Waals surface area contributed by atoms with Gasteiger partial charge in [0.2, 0.25) is 5.60 Å². The number of H-pyrrole nitrogens is 1. The van der Waals surface area contributed by atoms with Crippen molar-refractivity contribution >= 4 is 16.9 Å². The van der Waals surface area contributed by atoms with E-state index in [1.165, 1.54) is 4.90 Å². The van der Waals surface area contributed by atoms with Crippen molar-refractivity contribution < 1.29 is 14.4 Å². The lowest BCUT2D eigenvalue weighted by molar-refractivity contribution is -0.144. The molecule has 1 aliphatic rings. The van der Waals surface area contributed by atoms with Crippen LogP contribution in [0.15, 0.2) is 53.2 Å². The summed E-state index contributed by atoms with van der Waals surface area (Å²) in [6.07, 6.45) is 1.97. The van der Waals surface area contributed by atoms with Crippen molar-refractivity contribution in [3.05, 3.63) is 54.4 Å². The number of aliphatic hydroxyl groups is 1. The average Bonchev–Trinajstić information content (AvgIpc) is 3.45. The number of fused-ring (bicyclic) bond motifs is 1. The zero-order chi connectivity index (χ0) is 19.3. The molecule has 0 spiro atoms. The monoisotopic (exact) mass is 375 g/mol. The molecule has 28 heavy (non-hydrogen) atoms. The second kappa shape index (κ2) is 6.00. The van der Waals surface area contributed by atoms with Crippen LogP contribution in [0.25, 0.3) is 33.5 Å². The first-order chi connectivity index (χ1) is 13.5. The number of likely N-dealkylation sites (tertiary alicyclic amines) is 1. The number of hydrogen-bond donors (Lipinski definition) is 2. The van der Waals surface area contributed by atoms with Crippen molar-refractivity contribution in [1.29, 1.82) is 0 Å². The summed E-state index contributed by atoms with van der Waals surface area (Å²) in [5.74, 6) is -0.207. The SMILES string of the molecule is CN1CCC(O)(c2cc(-c3cccc(-c4ccc5[nH]ncc5n4)c3)no2)C1=O. The highest BCUT2D eigenvalue weighted by molar-refractivity contribution is 5.88. The summed E-state index contributed by atoms with van der Waals surface area (Å²) in [5.41, 5.74) is 3.11. The van der Waals surface area contributed by atoms with Gasteiger partial charge in [0.05, 0.1) is 17.4 Å². The minimum atomic E-state index is -1.65. The van der Waals surface area contributed by atoms with Crippen LogP contribution in [0.4, 0.5) is 0 Å². The molecule has 8 heteroatoms. The second-order valence-corrected chi connectivity index (χ2v) is 6.99. The first-order valence-electron chi connectivity index (χ1n) is 8.91. The molecule has 1 amide bonds. The first-order valence-corrected chi connectivity index (χ1v) is 8.91. The van der Waals surface area contributed by atoms with Gasteiger partial charge in [0.1, 0.15) is 11.2 Å². The summed E-state index contributed by atoms with van der Waals surface area (Å²) in [6.45, 7) is 0.475. The number of aromatic nitrogens is 4. The standard InChI is InChI=1S/C20H17N5O3/c1-25-8-7-20(27,19(25)26)18-10-16(24-28-18)13-4-2-3-12(9-13)14-5-6-15-17(22-14)11-21-23-15/h2-6,9-11,27H,7-8H2,1H3,(H,21,23). The molecular formula is C20H17N5O3. The van der Waals surface area contributed by atoms with Crippen molar-refractivity contribution in [3.63, 3.8) is 0 Å². The van der Waals surface area contributed by atoms with E-state index in [2.05, 4.69) is 20.3 Å². The van der Waals surface area contributed by atoms with Crippen molar-refractivity contribution in [2.24, 2.45) is 0 Å². The van der Waals surface area contributed by atoms with Crippen LogP contribution in [0.1, 0.15) is 12.2 Å². The van der Waals surface area contributed by atoms with E-state index in [-0.39, 0.29) is 18.1 Å². The van der Waals surface area contributed by atoms with Gasteiger partial charge < -0.3 is 14.5 Å². The molecule has 3 aromatic heterocycles. The molecule has 0 saturated carbocycles. The summed E-state index contributed by atoms with van der Waals surface area (Å²) in [5, 5.41) is 21.7. The Balaban J connectivity index is 1.50. The number of likely N-dealkylation sites (N-methyl/N-ethyl adjacent to an activating group) is 1. The molecule has 1 aliphatic heterocycles. The molecule has 2 N–H and O–H groups in total. The molecule has 0 radical (unpaired) electrons. The minimum Gasteiger partial charge on any atom is -0.373 e. The summed E-state index contributed by atoms with van der Waals surface area (Å²) in [6, 6.07) is 13.2. The number of pyridine rings is 1. The third kappa shape index (κ3) is 2.49. The Labute approximate surface area is 159 Å². The molecule has 1 atom stereocenters. The van der Waals surface area contributed by atoms with Gasteiger partial charge in [-0.05, 0) is 18.2 Å². The summed E-state index contributed by atoms with van der Waals surface area (Å²) >= 11 is 0. The highest BCUT2D eigenvalue weighted by Gasteiger charge is 2.48. The molecule has 4 aromatic rings. The lowest BCUT2D eigenvalue weighted by Gasteiger charge is -2.16. The minimum absolute atomic E-state index is 0.167. The zero-order valence-corrected chi connectivity index (χ0v) is 15.1. The Bertz CT molecular complexity index is 1200. The number of amides is 1. The summed E-state index contributed by atoms with van der Waals surface area (Å²) in [4.78, 5) is 18.4. The first kappa shape index (κ1) is 16.6. The van der Waals surface area contributed by atoms with Crippen LogP contribution in [-0.2, 0) is 10.4 Å². The largest absolute Gasteiger partial charge is 0.373 e. The molecule has 0 bridgehead atoms. The lowest BCUT2D eigenvalue weighted by atomic mass is 9.97. The highest BCUT2D eigenvalue weighted by atomic mass is 16.5. The number of nitrogens with zero attached hydrogens (tertiary/aromatic N) is 4. The van der Waals surface area contributed by atoms with Gasteiger partial charge in [0.15, 0.2) is 5.76 Å². The van der Waals surface area contributed by atoms with E-state index in [1.54, 1.807) is 19.3 Å². The third-order valence-corrected chi connectivity index (χ3v) is 5.18. The van der Waals surface area contributed by atoms with Crippen LogP contribution in [-0.4, -0.2) is 49.8 Å². The Morgan fingerprint density at radius 2 is 2.00 bits per heavy atom. The smallest absolute Gasteiger partial charge is 0.262 e. The van der Waals surface area contributed by atoms with E-state index in [9.17, 15) is 9.90 Å². The predicted molar refractivity (Wildman–Crippen MR) is 101 cm³/mol. The fourth-order valence-corrected chi connectivity index (χ4v) is 3.52. The number of aromatic amines is 1. The van der Waals surface area contributed by atoms with Gasteiger partial charge in [-0.2, -0.15) is 5.10 Å². The van der Waals surface area contributed by atoms with Gasteiger partial charge in [-0.3, -0.25) is 9.89 Å². The average molecular weight is 375 g/mol. The topological polar surface area (TPSA) is 108 Å². The molecular weight excluding hydrogens is 358 g/mol. The predicted octanol–water partition coefficient (Wildman–Crippen LogP) is 2.33. The Morgan fingerprint density at radius 1 is 1.18 bits per heavy atom.